The first-order chi connectivity index (χ1) is 16.4. The Morgan fingerprint density at radius 1 is 1.03 bits per heavy atom. The Morgan fingerprint density at radius 2 is 1.76 bits per heavy atom. The zero-order valence-corrected chi connectivity index (χ0v) is 19.9. The maximum Gasteiger partial charge on any atom is 0.254 e. The van der Waals surface area contributed by atoms with Gasteiger partial charge in [0.15, 0.2) is 0 Å². The van der Waals surface area contributed by atoms with Crippen molar-refractivity contribution < 1.29 is 13.2 Å². The molecule has 1 aliphatic carbocycles. The van der Waals surface area contributed by atoms with E-state index in [0.29, 0.717) is 13.1 Å². The molecule has 1 fully saturated rings. The number of rotatable bonds is 3. The lowest BCUT2D eigenvalue weighted by Gasteiger charge is -2.35. The summed E-state index contributed by atoms with van der Waals surface area (Å²) in [7, 11) is -3.81. The van der Waals surface area contributed by atoms with E-state index in [1.54, 1.807) is 17.0 Å². The lowest BCUT2D eigenvalue weighted by atomic mass is 9.89. The quantitative estimate of drug-likeness (QED) is 0.580. The third-order valence-electron chi connectivity index (χ3n) is 6.78. The number of carbonyl (C=O) groups excluding carboxylic acids is 1. The van der Waals surface area contributed by atoms with Crippen molar-refractivity contribution in [1.82, 2.24) is 14.2 Å². The lowest BCUT2D eigenvalue weighted by Crippen LogP contribution is -2.50. The van der Waals surface area contributed by atoms with Crippen molar-refractivity contribution in [2.75, 3.05) is 26.2 Å². The fourth-order valence-electron chi connectivity index (χ4n) is 4.99. The van der Waals surface area contributed by atoms with E-state index in [9.17, 15) is 18.5 Å². The minimum atomic E-state index is -3.81. The second-order valence-corrected chi connectivity index (χ2v) is 10.9. The van der Waals surface area contributed by atoms with E-state index in [-0.39, 0.29) is 29.5 Å². The van der Waals surface area contributed by atoms with Crippen LogP contribution in [-0.2, 0) is 22.9 Å². The van der Waals surface area contributed by atoms with E-state index in [2.05, 4.69) is 0 Å². The Balaban J connectivity index is 1.44. The molecule has 1 saturated heterocycles. The van der Waals surface area contributed by atoms with Crippen LogP contribution in [0.4, 0.5) is 0 Å². The third kappa shape index (κ3) is 3.85. The van der Waals surface area contributed by atoms with Gasteiger partial charge in [-0.15, -0.1) is 0 Å². The average Bonchev–Trinajstić information content (AvgIpc) is 2.87. The number of piperazine rings is 1. The predicted molar refractivity (Wildman–Crippen MR) is 129 cm³/mol. The van der Waals surface area contributed by atoms with Gasteiger partial charge in [0.05, 0.1) is 21.5 Å². The van der Waals surface area contributed by atoms with E-state index >= 15 is 0 Å². The molecule has 0 spiro atoms. The molecule has 1 aliphatic heterocycles. The molecule has 2 heterocycles. The molecule has 2 aliphatic rings. The zero-order valence-electron chi connectivity index (χ0n) is 19.1. The number of benzene rings is 2. The molecular formula is C26H26N4O3S. The first-order valence-corrected chi connectivity index (χ1v) is 13.0. The summed E-state index contributed by atoms with van der Waals surface area (Å²) in [5.41, 5.74) is 4.84. The van der Waals surface area contributed by atoms with E-state index in [4.69, 9.17) is 4.98 Å². The molecule has 1 aromatic heterocycles. The normalized spacial score (nSPS) is 16.8. The number of pyridine rings is 1. The summed E-state index contributed by atoms with van der Waals surface area (Å²) in [5.74, 6) is -0.0503. The Morgan fingerprint density at radius 3 is 2.53 bits per heavy atom. The van der Waals surface area contributed by atoms with Crippen molar-refractivity contribution in [3.63, 3.8) is 0 Å². The highest BCUT2D eigenvalue weighted by Gasteiger charge is 2.33. The number of aromatic nitrogens is 1. The van der Waals surface area contributed by atoms with Gasteiger partial charge in [-0.25, -0.2) is 8.42 Å². The molecule has 7 nitrogen and oxygen atoms in total. The number of nitriles is 1. The Labute approximate surface area is 199 Å². The molecule has 2 aromatic carbocycles. The summed E-state index contributed by atoms with van der Waals surface area (Å²) < 4.78 is 27.7. The number of hydrogen-bond donors (Lipinski definition) is 0. The summed E-state index contributed by atoms with van der Waals surface area (Å²) in [6.45, 7) is 3.00. The summed E-state index contributed by atoms with van der Waals surface area (Å²) >= 11 is 0. The van der Waals surface area contributed by atoms with Gasteiger partial charge in [0.1, 0.15) is 6.07 Å². The minimum Gasteiger partial charge on any atom is -0.336 e. The number of aryl methyl sites for hydroxylation is 2. The van der Waals surface area contributed by atoms with Crippen molar-refractivity contribution >= 4 is 26.8 Å². The fraction of sp³-hybridized carbons (Fsp3) is 0.346. The van der Waals surface area contributed by atoms with Crippen molar-refractivity contribution in [3.8, 4) is 6.07 Å². The van der Waals surface area contributed by atoms with Crippen LogP contribution in [0.1, 0.15) is 45.6 Å². The topological polar surface area (TPSA) is 94.4 Å². The summed E-state index contributed by atoms with van der Waals surface area (Å²) in [5, 5.41) is 10.2. The third-order valence-corrected chi connectivity index (χ3v) is 8.74. The molecule has 8 heteroatoms. The lowest BCUT2D eigenvalue weighted by molar-refractivity contribution is 0.0698. The number of sulfonamides is 1. The molecule has 0 bridgehead atoms. The van der Waals surface area contributed by atoms with Gasteiger partial charge >= 0.3 is 0 Å². The van der Waals surface area contributed by atoms with Gasteiger partial charge in [0.25, 0.3) is 5.91 Å². The number of nitrogens with zero attached hydrogens (tertiary/aromatic N) is 4. The number of carbonyl (C=O) groups is 1. The molecule has 34 heavy (non-hydrogen) atoms. The number of amides is 1. The van der Waals surface area contributed by atoms with E-state index in [0.717, 1.165) is 59.0 Å². The molecular weight excluding hydrogens is 448 g/mol. The van der Waals surface area contributed by atoms with Crippen LogP contribution in [0.15, 0.2) is 47.4 Å². The second-order valence-electron chi connectivity index (χ2n) is 8.94. The maximum atomic E-state index is 13.8. The molecule has 0 radical (unpaired) electrons. The van der Waals surface area contributed by atoms with E-state index in [1.165, 1.54) is 16.4 Å². The number of fused-ring (bicyclic) bond motifs is 2. The minimum absolute atomic E-state index is 0.0157. The molecule has 0 N–H and O–H groups in total. The van der Waals surface area contributed by atoms with Crippen LogP contribution in [0, 0.1) is 18.3 Å². The molecule has 0 atom stereocenters. The molecule has 0 unspecified atom stereocenters. The van der Waals surface area contributed by atoms with Gasteiger partial charge in [-0.3, -0.25) is 9.78 Å². The van der Waals surface area contributed by atoms with Crippen LogP contribution in [0.5, 0.6) is 0 Å². The van der Waals surface area contributed by atoms with E-state index < -0.39 is 10.0 Å². The van der Waals surface area contributed by atoms with Crippen LogP contribution in [-0.4, -0.2) is 54.7 Å². The van der Waals surface area contributed by atoms with Gasteiger partial charge in [0.2, 0.25) is 10.0 Å². The fourth-order valence-corrected chi connectivity index (χ4v) is 6.56. The van der Waals surface area contributed by atoms with Gasteiger partial charge in [-0.05, 0) is 62.4 Å². The predicted octanol–water partition coefficient (Wildman–Crippen LogP) is 3.44. The van der Waals surface area contributed by atoms with Crippen molar-refractivity contribution in [1.29, 1.82) is 5.26 Å². The summed E-state index contributed by atoms with van der Waals surface area (Å²) in [6, 6.07) is 14.2. The first kappa shape index (κ1) is 22.5. The average molecular weight is 475 g/mol. The van der Waals surface area contributed by atoms with Crippen molar-refractivity contribution in [3.05, 3.63) is 70.4 Å². The summed E-state index contributed by atoms with van der Waals surface area (Å²) in [6.07, 6.45) is 3.83. The highest BCUT2D eigenvalue weighted by Crippen LogP contribution is 2.31. The standard InChI is InChI=1S/C26H26N4O3S/c1-18-10-11-23-21(16-18)25(20-7-3-4-8-22(20)28-23)26(31)29-12-14-30(15-13-29)34(32,33)24-9-5-2-6-19(24)17-27/h2,5-6,9-11,16H,3-4,7-8,12-15H2,1H3. The Hall–Kier alpha value is -3.28. The van der Waals surface area contributed by atoms with Crippen molar-refractivity contribution in [2.45, 2.75) is 37.5 Å². The van der Waals surface area contributed by atoms with Gasteiger partial charge in [0, 0.05) is 37.3 Å². The molecule has 0 saturated carbocycles. The van der Waals surface area contributed by atoms with Gasteiger partial charge in [-0.1, -0.05) is 23.8 Å². The van der Waals surface area contributed by atoms with Gasteiger partial charge < -0.3 is 4.90 Å². The largest absolute Gasteiger partial charge is 0.336 e. The zero-order chi connectivity index (χ0) is 23.9. The molecule has 5 rings (SSSR count). The van der Waals surface area contributed by atoms with Crippen molar-refractivity contribution in [2.24, 2.45) is 0 Å². The Kier molecular flexibility index (Phi) is 5.84. The molecule has 1 amide bonds. The van der Waals surface area contributed by atoms with Crippen LogP contribution >= 0.6 is 0 Å². The smallest absolute Gasteiger partial charge is 0.254 e. The molecule has 174 valence electrons. The van der Waals surface area contributed by atoms with Crippen LogP contribution in [0.2, 0.25) is 0 Å². The summed E-state index contributed by atoms with van der Waals surface area (Å²) in [4.78, 5) is 20.4. The van der Waals surface area contributed by atoms with Gasteiger partial charge in [-0.2, -0.15) is 9.57 Å². The monoisotopic (exact) mass is 474 g/mol. The van der Waals surface area contributed by atoms with Crippen LogP contribution in [0.3, 0.4) is 0 Å². The molecule has 3 aromatic rings. The van der Waals surface area contributed by atoms with Crippen LogP contribution < -0.4 is 0 Å². The van der Waals surface area contributed by atoms with Crippen LogP contribution in [0.25, 0.3) is 10.9 Å². The highest BCUT2D eigenvalue weighted by atomic mass is 32.2. The Bertz CT molecular complexity index is 1430. The highest BCUT2D eigenvalue weighted by molar-refractivity contribution is 7.89. The SMILES string of the molecule is Cc1ccc2nc3c(c(C(=O)N4CCN(S(=O)(=O)c5ccccc5C#N)CC4)c2c1)CCCC3. The number of hydrogen-bond acceptors (Lipinski definition) is 5. The maximum absolute atomic E-state index is 13.8. The van der Waals surface area contributed by atoms with E-state index in [1.807, 2.05) is 31.2 Å². The first-order valence-electron chi connectivity index (χ1n) is 11.6. The second kappa shape index (κ2) is 8.82.